The Morgan fingerprint density at radius 1 is 1.05 bits per heavy atom. The van der Waals surface area contributed by atoms with E-state index in [4.69, 9.17) is 14.2 Å². The van der Waals surface area contributed by atoms with Crippen LogP contribution in [0.5, 0.6) is 17.2 Å². The molecule has 41 heavy (non-hydrogen) atoms. The molecule has 3 heterocycles. The molecule has 0 unspecified atom stereocenters. The van der Waals surface area contributed by atoms with Crippen LogP contribution in [0.2, 0.25) is 0 Å². The minimum Gasteiger partial charge on any atom is -0.493 e. The van der Waals surface area contributed by atoms with Crippen molar-refractivity contribution in [3.63, 3.8) is 0 Å². The van der Waals surface area contributed by atoms with E-state index in [0.717, 1.165) is 17.7 Å². The van der Waals surface area contributed by atoms with Crippen molar-refractivity contribution in [1.82, 2.24) is 19.5 Å². The second-order valence-corrected chi connectivity index (χ2v) is 11.5. The molecule has 1 aromatic carbocycles. The maximum atomic E-state index is 13.1. The summed E-state index contributed by atoms with van der Waals surface area (Å²) in [5.41, 5.74) is 0.00512. The van der Waals surface area contributed by atoms with Gasteiger partial charge in [-0.1, -0.05) is 37.9 Å². The first kappa shape index (κ1) is 30.1. The molecular weight excluding hydrogens is 562 g/mol. The number of nitrogens with zero attached hydrogens (tertiary/aromatic N) is 4. The maximum absolute atomic E-state index is 13.1. The number of hydrogen-bond donors (Lipinski definition) is 1. The molecule has 0 amide bonds. The summed E-state index contributed by atoms with van der Waals surface area (Å²) in [6.07, 6.45) is 7.98. The number of nitrogens with one attached hydrogen (secondary N) is 1. The Labute approximate surface area is 246 Å². The second-order valence-electron chi connectivity index (χ2n) is 9.31. The van der Waals surface area contributed by atoms with Crippen molar-refractivity contribution < 1.29 is 14.2 Å². The fraction of sp³-hybridized carbons (Fsp3) is 0.414. The lowest BCUT2D eigenvalue weighted by molar-refractivity contribution is 0.324. The number of ether oxygens (including phenoxy) is 3. The van der Waals surface area contributed by atoms with Crippen LogP contribution in [0.1, 0.15) is 49.5 Å². The van der Waals surface area contributed by atoms with Gasteiger partial charge in [0.05, 0.1) is 38.7 Å². The highest BCUT2D eigenvalue weighted by molar-refractivity contribution is 7.99. The molecule has 4 rings (SSSR count). The number of benzene rings is 1. The van der Waals surface area contributed by atoms with Crippen LogP contribution in [0, 0.1) is 11.3 Å². The van der Waals surface area contributed by atoms with Gasteiger partial charge in [0.1, 0.15) is 16.5 Å². The number of aromatic nitrogens is 4. The molecule has 0 atom stereocenters. The third-order valence-corrected chi connectivity index (χ3v) is 8.64. The monoisotopic (exact) mass is 595 g/mol. The first-order valence-corrected chi connectivity index (χ1v) is 15.2. The molecule has 4 aromatic rings. The minimum atomic E-state index is -0.539. The van der Waals surface area contributed by atoms with Crippen molar-refractivity contribution in [2.45, 2.75) is 57.1 Å². The van der Waals surface area contributed by atoms with E-state index < -0.39 is 5.56 Å². The minimum absolute atomic E-state index is 0.0364. The van der Waals surface area contributed by atoms with Gasteiger partial charge in [0.25, 0.3) is 11.1 Å². The van der Waals surface area contributed by atoms with Gasteiger partial charge in [0, 0.05) is 22.7 Å². The average Bonchev–Trinajstić information content (AvgIpc) is 3.41. The lowest BCUT2D eigenvalue weighted by Gasteiger charge is -2.14. The Kier molecular flexibility index (Phi) is 10.4. The van der Waals surface area contributed by atoms with Crippen LogP contribution in [0.3, 0.4) is 0 Å². The van der Waals surface area contributed by atoms with E-state index in [1.807, 2.05) is 12.1 Å². The first-order valence-electron chi connectivity index (χ1n) is 13.4. The standard InChI is InChI=1S/C29H33N5O5S2/c1-5-6-7-8-10-19-15-20-27(41-19)31-17-34(28(20)36)11-9-12-40-29-32-24(21(16-30)26(35)33-29)18-13-22(37-2)25(39-4)23(14-18)38-3/h13-15,17H,5-12H2,1-4H3,(H,32,33,35). The zero-order valence-corrected chi connectivity index (χ0v) is 25.2. The van der Waals surface area contributed by atoms with Crippen LogP contribution in [0.25, 0.3) is 21.5 Å². The topological polar surface area (TPSA) is 132 Å². The molecule has 0 aliphatic heterocycles. The number of fused-ring (bicyclic) bond motifs is 1. The molecule has 216 valence electrons. The molecule has 10 nitrogen and oxygen atoms in total. The molecule has 12 heteroatoms. The predicted molar refractivity (Wildman–Crippen MR) is 162 cm³/mol. The number of hydrogen-bond acceptors (Lipinski definition) is 10. The molecule has 0 saturated carbocycles. The van der Waals surface area contributed by atoms with Gasteiger partial charge in [-0.3, -0.25) is 14.2 Å². The van der Waals surface area contributed by atoms with Gasteiger partial charge in [0.15, 0.2) is 16.7 Å². The Balaban J connectivity index is 1.47. The number of nitriles is 1. The summed E-state index contributed by atoms with van der Waals surface area (Å²) in [4.78, 5) is 39.6. The van der Waals surface area contributed by atoms with E-state index in [0.29, 0.717) is 52.1 Å². The van der Waals surface area contributed by atoms with Crippen molar-refractivity contribution in [1.29, 1.82) is 5.26 Å². The van der Waals surface area contributed by atoms with E-state index >= 15 is 0 Å². The van der Waals surface area contributed by atoms with Crippen LogP contribution in [-0.2, 0) is 13.0 Å². The molecular formula is C29H33N5O5S2. The molecule has 0 saturated heterocycles. The van der Waals surface area contributed by atoms with Gasteiger partial charge in [0.2, 0.25) is 5.75 Å². The molecule has 0 fully saturated rings. The number of unbranched alkanes of at least 4 members (excludes halogenated alkanes) is 3. The molecule has 0 bridgehead atoms. The summed E-state index contributed by atoms with van der Waals surface area (Å²) in [5.74, 6) is 1.74. The highest BCUT2D eigenvalue weighted by Gasteiger charge is 2.19. The number of aromatic amines is 1. The number of thiophene rings is 1. The SMILES string of the molecule is CCCCCCc1cc2c(=O)n(CCCSc3nc(-c4cc(OC)c(OC)c(OC)c4)c(C#N)c(=O)[nH]3)cnc2s1. The van der Waals surface area contributed by atoms with Crippen LogP contribution in [0.4, 0.5) is 0 Å². The van der Waals surface area contributed by atoms with Crippen molar-refractivity contribution in [3.05, 3.63) is 55.7 Å². The van der Waals surface area contributed by atoms with Crippen LogP contribution < -0.4 is 25.3 Å². The smallest absolute Gasteiger partial charge is 0.270 e. The normalized spacial score (nSPS) is 11.0. The van der Waals surface area contributed by atoms with E-state index in [9.17, 15) is 14.9 Å². The van der Waals surface area contributed by atoms with Gasteiger partial charge < -0.3 is 19.2 Å². The van der Waals surface area contributed by atoms with Crippen molar-refractivity contribution in [3.8, 4) is 34.6 Å². The molecule has 1 N–H and O–H groups in total. The van der Waals surface area contributed by atoms with Crippen molar-refractivity contribution in [2.75, 3.05) is 27.1 Å². The maximum Gasteiger partial charge on any atom is 0.270 e. The summed E-state index contributed by atoms with van der Waals surface area (Å²) in [6.45, 7) is 2.68. The third kappa shape index (κ3) is 6.92. The highest BCUT2D eigenvalue weighted by Crippen LogP contribution is 2.41. The molecule has 0 aliphatic carbocycles. The summed E-state index contributed by atoms with van der Waals surface area (Å²) in [6, 6.07) is 7.23. The number of H-pyrrole nitrogens is 1. The third-order valence-electron chi connectivity index (χ3n) is 6.58. The lowest BCUT2D eigenvalue weighted by atomic mass is 10.1. The predicted octanol–water partition coefficient (Wildman–Crippen LogP) is 5.41. The van der Waals surface area contributed by atoms with Crippen LogP contribution in [0.15, 0.2) is 39.3 Å². The average molecular weight is 596 g/mol. The van der Waals surface area contributed by atoms with Gasteiger partial charge >= 0.3 is 0 Å². The fourth-order valence-corrected chi connectivity index (χ4v) is 6.29. The first-order chi connectivity index (χ1) is 19.9. The van der Waals surface area contributed by atoms with Crippen molar-refractivity contribution in [2.24, 2.45) is 0 Å². The van der Waals surface area contributed by atoms with E-state index in [1.54, 1.807) is 34.4 Å². The van der Waals surface area contributed by atoms with E-state index in [2.05, 4.69) is 21.9 Å². The molecule has 0 spiro atoms. The highest BCUT2D eigenvalue weighted by atomic mass is 32.2. The number of thioether (sulfide) groups is 1. The van der Waals surface area contributed by atoms with E-state index in [1.165, 1.54) is 57.2 Å². The molecule has 0 radical (unpaired) electrons. The van der Waals surface area contributed by atoms with Gasteiger partial charge in [-0.2, -0.15) is 5.26 Å². The lowest BCUT2D eigenvalue weighted by Crippen LogP contribution is -2.20. The zero-order valence-electron chi connectivity index (χ0n) is 23.6. The van der Waals surface area contributed by atoms with E-state index in [-0.39, 0.29) is 16.8 Å². The summed E-state index contributed by atoms with van der Waals surface area (Å²) < 4.78 is 17.9. The summed E-state index contributed by atoms with van der Waals surface area (Å²) >= 11 is 2.94. The van der Waals surface area contributed by atoms with Crippen LogP contribution >= 0.6 is 23.1 Å². The number of methoxy groups -OCH3 is 3. The number of rotatable bonds is 14. The quantitative estimate of drug-likeness (QED) is 0.115. The fourth-order valence-electron chi connectivity index (χ4n) is 4.47. The van der Waals surface area contributed by atoms with Crippen LogP contribution in [-0.4, -0.2) is 46.6 Å². The largest absolute Gasteiger partial charge is 0.493 e. The Hall–Kier alpha value is -3.82. The van der Waals surface area contributed by atoms with Gasteiger partial charge in [-0.25, -0.2) is 9.97 Å². The summed E-state index contributed by atoms with van der Waals surface area (Å²) in [5, 5.41) is 10.7. The summed E-state index contributed by atoms with van der Waals surface area (Å²) in [7, 11) is 4.48. The van der Waals surface area contributed by atoms with Gasteiger partial charge in [-0.15, -0.1) is 11.3 Å². The Morgan fingerprint density at radius 3 is 2.46 bits per heavy atom. The number of aryl methyl sites for hydroxylation is 2. The van der Waals surface area contributed by atoms with Crippen molar-refractivity contribution >= 4 is 33.3 Å². The zero-order chi connectivity index (χ0) is 29.4. The molecule has 3 aromatic heterocycles. The second kappa shape index (κ2) is 14.2. The Morgan fingerprint density at radius 2 is 1.80 bits per heavy atom. The Bertz CT molecular complexity index is 1650. The molecule has 0 aliphatic rings. The van der Waals surface area contributed by atoms with Gasteiger partial charge in [-0.05, 0) is 37.5 Å².